The summed E-state index contributed by atoms with van der Waals surface area (Å²) in [6.07, 6.45) is 6.57. The predicted molar refractivity (Wildman–Crippen MR) is 141 cm³/mol. The molecule has 0 heterocycles. The number of ether oxygens (including phenoxy) is 1. The van der Waals surface area contributed by atoms with Gasteiger partial charge in [0.2, 0.25) is 0 Å². The van der Waals surface area contributed by atoms with Crippen LogP contribution in [0.1, 0.15) is 66.4 Å². The first-order valence-corrected chi connectivity index (χ1v) is 16.2. The van der Waals surface area contributed by atoms with E-state index in [2.05, 4.69) is 39.8 Å². The second-order valence-electron chi connectivity index (χ2n) is 11.3. The number of hydrogen-bond donors (Lipinski definition) is 0. The Labute approximate surface area is 208 Å². The molecule has 34 heavy (non-hydrogen) atoms. The van der Waals surface area contributed by atoms with E-state index >= 15 is 0 Å². The fourth-order valence-corrected chi connectivity index (χ4v) is 5.32. The number of carbonyl (C=O) groups excluding carboxylic acids is 1. The van der Waals surface area contributed by atoms with E-state index < -0.39 is 30.0 Å². The van der Waals surface area contributed by atoms with Crippen molar-refractivity contribution in [2.75, 3.05) is 13.2 Å². The van der Waals surface area contributed by atoms with Gasteiger partial charge in [-0.05, 0) is 77.2 Å². The van der Waals surface area contributed by atoms with Crippen LogP contribution < -0.4 is 0 Å². The van der Waals surface area contributed by atoms with Gasteiger partial charge < -0.3 is 9.16 Å². The molecule has 0 saturated carbocycles. The normalized spacial score (nSPS) is 13.8. The second-order valence-corrected chi connectivity index (χ2v) is 17.9. The van der Waals surface area contributed by atoms with E-state index in [4.69, 9.17) is 15.6 Å². The third-order valence-corrected chi connectivity index (χ3v) is 12.4. The molecule has 0 aliphatic heterocycles. The van der Waals surface area contributed by atoms with Crippen LogP contribution in [0.3, 0.4) is 0 Å². The largest absolute Gasteiger partial charge is 0.443 e. The monoisotopic (exact) mass is 509 g/mol. The summed E-state index contributed by atoms with van der Waals surface area (Å²) in [6, 6.07) is 6.42. The summed E-state index contributed by atoms with van der Waals surface area (Å²) in [5, 5.41) is 0.122. The van der Waals surface area contributed by atoms with Crippen LogP contribution in [-0.2, 0) is 19.2 Å². The first-order valence-electron chi connectivity index (χ1n) is 11.8. The minimum atomic E-state index is -4.06. The highest BCUT2D eigenvalue weighted by Crippen LogP contribution is 2.36. The van der Waals surface area contributed by atoms with Crippen LogP contribution in [0.2, 0.25) is 18.1 Å². The van der Waals surface area contributed by atoms with Crippen LogP contribution in [0.5, 0.6) is 0 Å². The highest BCUT2D eigenvalue weighted by Gasteiger charge is 2.37. The van der Waals surface area contributed by atoms with Crippen molar-refractivity contribution in [1.29, 1.82) is 0 Å². The Morgan fingerprint density at radius 2 is 1.65 bits per heavy atom. The third-order valence-electron chi connectivity index (χ3n) is 6.09. The van der Waals surface area contributed by atoms with Crippen molar-refractivity contribution in [2.45, 2.75) is 96.4 Å². The van der Waals surface area contributed by atoms with E-state index in [0.717, 1.165) is 9.87 Å². The van der Waals surface area contributed by atoms with Crippen molar-refractivity contribution in [3.8, 4) is 12.3 Å². The van der Waals surface area contributed by atoms with Gasteiger partial charge in [0.15, 0.2) is 8.32 Å². The number of rotatable bonds is 10. The number of carbonyl (C=O) groups is 1. The van der Waals surface area contributed by atoms with Crippen LogP contribution in [-0.4, -0.2) is 45.9 Å². The summed E-state index contributed by atoms with van der Waals surface area (Å²) < 4.78 is 39.0. The lowest BCUT2D eigenvalue weighted by atomic mass is 10.0. The van der Waals surface area contributed by atoms with Gasteiger partial charge in [0.25, 0.3) is 10.0 Å². The van der Waals surface area contributed by atoms with Crippen molar-refractivity contribution in [3.05, 3.63) is 29.8 Å². The van der Waals surface area contributed by atoms with Gasteiger partial charge in [-0.25, -0.2) is 17.5 Å². The smallest absolute Gasteiger partial charge is 0.424 e. The van der Waals surface area contributed by atoms with E-state index in [0.29, 0.717) is 25.9 Å². The maximum atomic E-state index is 13.3. The minimum Gasteiger partial charge on any atom is -0.443 e. The molecule has 8 heteroatoms. The molecule has 6 nitrogen and oxygen atoms in total. The van der Waals surface area contributed by atoms with Crippen LogP contribution >= 0.6 is 0 Å². The van der Waals surface area contributed by atoms with Gasteiger partial charge in [-0.15, -0.1) is 12.3 Å². The maximum absolute atomic E-state index is 13.3. The molecular weight excluding hydrogens is 466 g/mol. The van der Waals surface area contributed by atoms with Gasteiger partial charge >= 0.3 is 6.09 Å². The number of amides is 1. The highest BCUT2D eigenvalue weighted by molar-refractivity contribution is 7.89. The molecule has 0 aliphatic carbocycles. The van der Waals surface area contributed by atoms with Crippen molar-refractivity contribution in [2.24, 2.45) is 5.92 Å². The van der Waals surface area contributed by atoms with Gasteiger partial charge in [-0.3, -0.25) is 0 Å². The lowest BCUT2D eigenvalue weighted by Crippen LogP contribution is -2.41. The van der Waals surface area contributed by atoms with E-state index in [1.54, 1.807) is 32.9 Å². The molecule has 1 atom stereocenters. The average Bonchev–Trinajstić information content (AvgIpc) is 2.67. The van der Waals surface area contributed by atoms with Gasteiger partial charge in [0, 0.05) is 19.1 Å². The van der Waals surface area contributed by atoms with Crippen molar-refractivity contribution < 1.29 is 22.4 Å². The van der Waals surface area contributed by atoms with Crippen molar-refractivity contribution in [1.82, 2.24) is 4.31 Å². The van der Waals surface area contributed by atoms with Crippen LogP contribution in [0.15, 0.2) is 29.2 Å². The molecular formula is C26H43NO5SSi. The molecule has 0 saturated heterocycles. The third kappa shape index (κ3) is 9.08. The Kier molecular flexibility index (Phi) is 10.4. The van der Waals surface area contributed by atoms with E-state index in [1.807, 2.05) is 6.92 Å². The van der Waals surface area contributed by atoms with E-state index in [9.17, 15) is 13.2 Å². The number of sulfonamides is 1. The number of hydrogen-bond acceptors (Lipinski definition) is 5. The van der Waals surface area contributed by atoms with Gasteiger partial charge in [-0.2, -0.15) is 0 Å². The summed E-state index contributed by atoms with van der Waals surface area (Å²) in [6.45, 7) is 18.5. The molecule has 0 aliphatic rings. The fraction of sp³-hybridized carbons (Fsp3) is 0.654. The maximum Gasteiger partial charge on any atom is 0.424 e. The number of aryl methyl sites for hydroxylation is 1. The standard InChI is InChI=1S/C26H43NO5SSi/c1-11-22(18-20-31-34(9,10)26(6,7)8)13-12-19-27(24(28)32-25(3,4)5)33(29,30)23-16-14-21(2)15-17-23/h1,14-17,22H,12-13,18-20H2,2-10H3. The number of terminal acetylenes is 1. The fourth-order valence-electron chi connectivity index (χ4n) is 2.93. The summed E-state index contributed by atoms with van der Waals surface area (Å²) >= 11 is 0. The van der Waals surface area contributed by atoms with Crippen molar-refractivity contribution >= 4 is 24.4 Å². The lowest BCUT2D eigenvalue weighted by Gasteiger charge is -2.36. The molecule has 0 radical (unpaired) electrons. The zero-order valence-corrected chi connectivity index (χ0v) is 24.2. The molecule has 0 bridgehead atoms. The summed E-state index contributed by atoms with van der Waals surface area (Å²) in [5.74, 6) is 2.73. The Balaban J connectivity index is 2.89. The Bertz CT molecular complexity index is 951. The quantitative estimate of drug-likeness (QED) is 0.271. The predicted octanol–water partition coefficient (Wildman–Crippen LogP) is 6.36. The molecule has 1 aromatic rings. The number of benzene rings is 1. The zero-order valence-electron chi connectivity index (χ0n) is 22.4. The minimum absolute atomic E-state index is 0.00755. The molecule has 0 N–H and O–H groups in total. The molecule has 1 unspecified atom stereocenters. The topological polar surface area (TPSA) is 72.9 Å². The van der Waals surface area contributed by atoms with Gasteiger partial charge in [0.1, 0.15) is 5.60 Å². The molecule has 192 valence electrons. The molecule has 0 aromatic heterocycles. The Morgan fingerprint density at radius 1 is 1.09 bits per heavy atom. The molecule has 1 rings (SSSR count). The van der Waals surface area contributed by atoms with E-state index in [-0.39, 0.29) is 22.4 Å². The van der Waals surface area contributed by atoms with Crippen LogP contribution in [0.25, 0.3) is 0 Å². The Hall–Kier alpha value is -1.82. The van der Waals surface area contributed by atoms with E-state index in [1.165, 1.54) is 12.1 Å². The first-order chi connectivity index (χ1) is 15.4. The first kappa shape index (κ1) is 30.2. The highest BCUT2D eigenvalue weighted by atomic mass is 32.2. The molecule has 0 fully saturated rings. The molecule has 1 amide bonds. The van der Waals surface area contributed by atoms with Gasteiger partial charge in [-0.1, -0.05) is 38.5 Å². The van der Waals surface area contributed by atoms with Gasteiger partial charge in [0.05, 0.1) is 4.90 Å². The summed E-state index contributed by atoms with van der Waals surface area (Å²) in [7, 11) is -5.91. The average molecular weight is 510 g/mol. The van der Waals surface area contributed by atoms with Crippen LogP contribution in [0, 0.1) is 25.2 Å². The lowest BCUT2D eigenvalue weighted by molar-refractivity contribution is 0.0388. The zero-order chi connectivity index (χ0) is 26.4. The van der Waals surface area contributed by atoms with Crippen molar-refractivity contribution in [3.63, 3.8) is 0 Å². The summed E-state index contributed by atoms with van der Waals surface area (Å²) in [4.78, 5) is 12.9. The SMILES string of the molecule is C#CC(CCCN(C(=O)OC(C)(C)C)S(=O)(=O)c1ccc(C)cc1)CCO[Si](C)(C)C(C)(C)C. The Morgan fingerprint density at radius 3 is 2.12 bits per heavy atom. The molecule has 1 aromatic carbocycles. The summed E-state index contributed by atoms with van der Waals surface area (Å²) in [5.41, 5.74) is 0.111. The second kappa shape index (κ2) is 11.7. The van der Waals surface area contributed by atoms with Crippen LogP contribution in [0.4, 0.5) is 4.79 Å². The number of nitrogens with zero attached hydrogens (tertiary/aromatic N) is 1. The molecule has 0 spiro atoms.